The molecule has 0 aromatic rings. The number of nitrogens with zero attached hydrogens (tertiary/aromatic N) is 2. The maximum absolute atomic E-state index is 5.86. The molecule has 0 aliphatic carbocycles. The number of hydrogen-bond donors (Lipinski definition) is 1. The summed E-state index contributed by atoms with van der Waals surface area (Å²) >= 11 is 0. The Labute approximate surface area is 167 Å². The van der Waals surface area contributed by atoms with E-state index in [0.717, 1.165) is 6.54 Å². The van der Waals surface area contributed by atoms with E-state index in [1.807, 2.05) is 0 Å². The van der Waals surface area contributed by atoms with Crippen molar-refractivity contribution in [3.8, 4) is 0 Å². The predicted octanol–water partition coefficient (Wildman–Crippen LogP) is 3.51. The molecule has 0 bridgehead atoms. The maximum atomic E-state index is 5.86. The highest BCUT2D eigenvalue weighted by atomic mass is 28.2. The summed E-state index contributed by atoms with van der Waals surface area (Å²) in [6.45, 7) is 21.9. The van der Waals surface area contributed by atoms with Crippen molar-refractivity contribution < 1.29 is 4.43 Å². The molecule has 0 rings (SSSR count). The van der Waals surface area contributed by atoms with Gasteiger partial charge in [-0.3, -0.25) is 0 Å². The molecule has 0 heterocycles. The van der Waals surface area contributed by atoms with Gasteiger partial charge in [-0.2, -0.15) is 0 Å². The van der Waals surface area contributed by atoms with E-state index in [2.05, 4.69) is 56.7 Å². The lowest BCUT2D eigenvalue weighted by Crippen LogP contribution is -2.35. The maximum Gasteiger partial charge on any atom is 0.163 e. The van der Waals surface area contributed by atoms with Crippen LogP contribution in [0.3, 0.4) is 0 Å². The van der Waals surface area contributed by atoms with Crippen LogP contribution in [0.15, 0.2) is 0 Å². The molecule has 4 nitrogen and oxygen atoms in total. The van der Waals surface area contributed by atoms with Crippen LogP contribution in [0.5, 0.6) is 0 Å². The molecule has 1 N–H and O–H groups in total. The summed E-state index contributed by atoms with van der Waals surface area (Å²) in [7, 11) is -0.347. The SMILES string of the molecule is CCCN(CC)CCCN(CCCNC(CC)CC)CC[SiH2]OC(C)C. The fourth-order valence-electron chi connectivity index (χ4n) is 3.39. The molecule has 0 unspecified atom stereocenters. The molecule has 0 aromatic heterocycles. The molecule has 0 aromatic carbocycles. The monoisotopic (exact) mass is 387 g/mol. The summed E-state index contributed by atoms with van der Waals surface area (Å²) in [5.74, 6) is 0. The van der Waals surface area contributed by atoms with Crippen LogP contribution >= 0.6 is 0 Å². The largest absolute Gasteiger partial charge is 0.422 e. The molecule has 26 heavy (non-hydrogen) atoms. The zero-order chi connectivity index (χ0) is 19.6. The lowest BCUT2D eigenvalue weighted by atomic mass is 10.2. The minimum Gasteiger partial charge on any atom is -0.422 e. The quantitative estimate of drug-likeness (QED) is 0.271. The van der Waals surface area contributed by atoms with Crippen molar-refractivity contribution in [2.45, 2.75) is 91.8 Å². The predicted molar refractivity (Wildman–Crippen MR) is 120 cm³/mol. The highest BCUT2D eigenvalue weighted by Gasteiger charge is 2.08. The third-order valence-electron chi connectivity index (χ3n) is 5.08. The van der Waals surface area contributed by atoms with Gasteiger partial charge in [0.1, 0.15) is 0 Å². The molecule has 0 fully saturated rings. The first-order valence-electron chi connectivity index (χ1n) is 11.4. The van der Waals surface area contributed by atoms with Crippen molar-refractivity contribution in [1.29, 1.82) is 0 Å². The van der Waals surface area contributed by atoms with E-state index in [1.54, 1.807) is 0 Å². The summed E-state index contributed by atoms with van der Waals surface area (Å²) in [6, 6.07) is 1.98. The average molecular weight is 388 g/mol. The molecule has 0 aliphatic heterocycles. The van der Waals surface area contributed by atoms with Crippen LogP contribution < -0.4 is 5.32 Å². The fourth-order valence-corrected chi connectivity index (χ4v) is 4.61. The van der Waals surface area contributed by atoms with Crippen LogP contribution in [0.2, 0.25) is 6.04 Å². The van der Waals surface area contributed by atoms with Gasteiger partial charge in [-0.25, -0.2) is 0 Å². The third kappa shape index (κ3) is 15.1. The van der Waals surface area contributed by atoms with Gasteiger partial charge in [0.15, 0.2) is 9.76 Å². The van der Waals surface area contributed by atoms with Gasteiger partial charge in [0.05, 0.1) is 0 Å². The Kier molecular flexibility index (Phi) is 18.5. The highest BCUT2D eigenvalue weighted by Crippen LogP contribution is 2.02. The lowest BCUT2D eigenvalue weighted by molar-refractivity contribution is 0.227. The Balaban J connectivity index is 4.14. The molecular weight excluding hydrogens is 338 g/mol. The Morgan fingerprint density at radius 3 is 2.08 bits per heavy atom. The molecule has 0 saturated carbocycles. The number of nitrogens with one attached hydrogen (secondary N) is 1. The first-order chi connectivity index (χ1) is 12.6. The molecule has 158 valence electrons. The first-order valence-corrected chi connectivity index (χ1v) is 12.9. The zero-order valence-corrected chi connectivity index (χ0v) is 20.3. The van der Waals surface area contributed by atoms with Crippen molar-refractivity contribution in [2.75, 3.05) is 45.8 Å². The lowest BCUT2D eigenvalue weighted by Gasteiger charge is -2.25. The summed E-state index contributed by atoms with van der Waals surface area (Å²) < 4.78 is 5.86. The first kappa shape index (κ1) is 26.1. The van der Waals surface area contributed by atoms with E-state index < -0.39 is 0 Å². The minimum atomic E-state index is -0.347. The minimum absolute atomic E-state index is 0.347. The Hall–Kier alpha value is 0.0569. The highest BCUT2D eigenvalue weighted by molar-refractivity contribution is 6.27. The van der Waals surface area contributed by atoms with Gasteiger partial charge in [0.25, 0.3) is 0 Å². The molecule has 0 amide bonds. The smallest absolute Gasteiger partial charge is 0.163 e. The Morgan fingerprint density at radius 2 is 1.50 bits per heavy atom. The second-order valence-corrected chi connectivity index (χ2v) is 9.17. The summed E-state index contributed by atoms with van der Waals surface area (Å²) in [6.07, 6.45) is 6.70. The summed E-state index contributed by atoms with van der Waals surface area (Å²) in [5.41, 5.74) is 0. The van der Waals surface area contributed by atoms with Crippen LogP contribution in [0, 0.1) is 0 Å². The van der Waals surface area contributed by atoms with E-state index in [0.29, 0.717) is 12.1 Å². The average Bonchev–Trinajstić information content (AvgIpc) is 2.63. The van der Waals surface area contributed by atoms with E-state index in [-0.39, 0.29) is 9.76 Å². The molecule has 0 atom stereocenters. The van der Waals surface area contributed by atoms with E-state index in [4.69, 9.17) is 4.43 Å². The topological polar surface area (TPSA) is 27.7 Å². The van der Waals surface area contributed by atoms with Crippen LogP contribution in [0.4, 0.5) is 0 Å². The standard InChI is InChI=1S/C21H49N3OSi/c1-7-14-23(10-4)16-12-17-24(18-19-26-25-20(5)6)15-11-13-22-21(8-2)9-3/h20-22H,7-19,26H2,1-6H3. The van der Waals surface area contributed by atoms with Crippen molar-refractivity contribution >= 4 is 9.76 Å². The van der Waals surface area contributed by atoms with Crippen molar-refractivity contribution in [2.24, 2.45) is 0 Å². The van der Waals surface area contributed by atoms with E-state index in [9.17, 15) is 0 Å². The van der Waals surface area contributed by atoms with Crippen LogP contribution in [-0.2, 0) is 4.43 Å². The van der Waals surface area contributed by atoms with Crippen LogP contribution in [0.25, 0.3) is 0 Å². The van der Waals surface area contributed by atoms with Crippen LogP contribution in [-0.4, -0.2) is 77.5 Å². The van der Waals surface area contributed by atoms with Gasteiger partial charge >= 0.3 is 0 Å². The van der Waals surface area contributed by atoms with Gasteiger partial charge in [-0.1, -0.05) is 27.7 Å². The van der Waals surface area contributed by atoms with Crippen LogP contribution in [0.1, 0.15) is 73.6 Å². The molecular formula is C21H49N3OSi. The second kappa shape index (κ2) is 18.4. The van der Waals surface area contributed by atoms with Gasteiger partial charge in [-0.05, 0) is 97.8 Å². The van der Waals surface area contributed by atoms with Gasteiger partial charge < -0.3 is 19.5 Å². The van der Waals surface area contributed by atoms with Crippen molar-refractivity contribution in [3.05, 3.63) is 0 Å². The van der Waals surface area contributed by atoms with Gasteiger partial charge in [0, 0.05) is 12.1 Å². The van der Waals surface area contributed by atoms with E-state index >= 15 is 0 Å². The number of hydrogen-bond acceptors (Lipinski definition) is 4. The Bertz CT molecular complexity index is 288. The van der Waals surface area contributed by atoms with Crippen molar-refractivity contribution in [3.63, 3.8) is 0 Å². The summed E-state index contributed by atoms with van der Waals surface area (Å²) in [5, 5.41) is 3.71. The molecule has 0 radical (unpaired) electrons. The Morgan fingerprint density at radius 1 is 0.846 bits per heavy atom. The normalized spacial score (nSPS) is 12.7. The number of rotatable bonds is 19. The summed E-state index contributed by atoms with van der Waals surface area (Å²) in [4.78, 5) is 5.27. The molecule has 0 aliphatic rings. The molecule has 0 saturated heterocycles. The molecule has 5 heteroatoms. The third-order valence-corrected chi connectivity index (χ3v) is 6.58. The zero-order valence-electron chi connectivity index (χ0n) is 18.9. The van der Waals surface area contributed by atoms with Crippen molar-refractivity contribution in [1.82, 2.24) is 15.1 Å². The second-order valence-electron chi connectivity index (χ2n) is 7.72. The van der Waals surface area contributed by atoms with Gasteiger partial charge in [0.2, 0.25) is 0 Å². The van der Waals surface area contributed by atoms with E-state index in [1.165, 1.54) is 77.4 Å². The van der Waals surface area contributed by atoms with Gasteiger partial charge in [-0.15, -0.1) is 0 Å². The fraction of sp³-hybridized carbons (Fsp3) is 1.00. The molecule has 0 spiro atoms.